The number of hydrogen-bond acceptors (Lipinski definition) is 10. The van der Waals surface area contributed by atoms with Crippen molar-refractivity contribution in [2.24, 2.45) is 21.1 Å². The van der Waals surface area contributed by atoms with E-state index in [0.717, 1.165) is 0 Å². The number of imidazole rings is 3. The molecule has 3 amide bonds. The van der Waals surface area contributed by atoms with Gasteiger partial charge >= 0.3 is 17.9 Å². The van der Waals surface area contributed by atoms with E-state index in [9.17, 15) is 28.8 Å². The Morgan fingerprint density at radius 1 is 0.541 bits per heavy atom. The Hall–Kier alpha value is -5.58. The van der Waals surface area contributed by atoms with E-state index in [0.29, 0.717) is 30.9 Å². The minimum absolute atomic E-state index is 0.0237. The fraction of sp³-hybridized carbons (Fsp3) is 0.108. The number of nitrogens with zero attached hydrogens (tertiary/aromatic N) is 6. The predicted molar refractivity (Wildman–Crippen MR) is 236 cm³/mol. The molecule has 5 N–H and O–H groups in total. The van der Waals surface area contributed by atoms with Gasteiger partial charge in [0, 0.05) is 38.2 Å². The summed E-state index contributed by atoms with van der Waals surface area (Å²) >= 11 is 27.4. The largest absolute Gasteiger partial charge is 0.478 e. The van der Waals surface area contributed by atoms with Crippen LogP contribution in [-0.2, 0) is 25.9 Å². The summed E-state index contributed by atoms with van der Waals surface area (Å²) < 4.78 is 11.4. The lowest BCUT2D eigenvalue weighted by molar-refractivity contribution is 0.0599. The Bertz CT molecular complexity index is 2570. The molecule has 3 heterocycles. The summed E-state index contributed by atoms with van der Waals surface area (Å²) in [6.07, 6.45) is 4.55. The highest BCUT2D eigenvalue weighted by Crippen LogP contribution is 2.25. The standard InChI is InChI=1S/C13H11BrClN3O3.2C12H9BrClN3O3/c1-18-10(14)6-16-11(18)12(19)17-7-3-4-8(9(15)5-7)13(20)21-2;2*1-17-9(13)5-15-10(17)11(18)16-6-2-3-7(12(19)20)8(14)4-6/h3-6H,1-2H3,(H,17,19);2*2-5H,1H3,(H,16,18)(H,19,20). The molecule has 24 heteroatoms. The normalized spacial score (nSPS) is 10.3. The molecule has 318 valence electrons. The average molecular weight is 1090 g/mol. The summed E-state index contributed by atoms with van der Waals surface area (Å²) in [5.74, 6) is -3.33. The van der Waals surface area contributed by atoms with Crippen LogP contribution in [0.3, 0.4) is 0 Å². The van der Waals surface area contributed by atoms with Gasteiger partial charge < -0.3 is 44.6 Å². The first kappa shape index (κ1) is 48.1. The van der Waals surface area contributed by atoms with Crippen molar-refractivity contribution in [2.75, 3.05) is 23.1 Å². The van der Waals surface area contributed by atoms with E-state index in [-0.39, 0.29) is 55.1 Å². The third kappa shape index (κ3) is 12.3. The molecule has 0 aliphatic rings. The number of aromatic carboxylic acids is 2. The van der Waals surface area contributed by atoms with Gasteiger partial charge in [-0.15, -0.1) is 0 Å². The van der Waals surface area contributed by atoms with Crippen molar-refractivity contribution in [3.8, 4) is 0 Å². The van der Waals surface area contributed by atoms with Crippen molar-refractivity contribution in [1.29, 1.82) is 0 Å². The third-order valence-electron chi connectivity index (χ3n) is 7.95. The number of carboxylic acids is 2. The van der Waals surface area contributed by atoms with Crippen molar-refractivity contribution in [2.45, 2.75) is 0 Å². The first-order chi connectivity index (χ1) is 28.7. The number of benzene rings is 3. The summed E-state index contributed by atoms with van der Waals surface area (Å²) in [5, 5.41) is 25.9. The molecule has 0 spiro atoms. The number of carbonyl (C=O) groups excluding carboxylic acids is 4. The fourth-order valence-corrected chi connectivity index (χ4v) is 6.35. The molecule has 0 aliphatic carbocycles. The molecule has 0 saturated heterocycles. The maximum atomic E-state index is 12.1. The van der Waals surface area contributed by atoms with Crippen LogP contribution < -0.4 is 16.0 Å². The average Bonchev–Trinajstić information content (AvgIpc) is 3.85. The van der Waals surface area contributed by atoms with Gasteiger partial charge in [0.1, 0.15) is 13.8 Å². The number of carbonyl (C=O) groups is 6. The topological polar surface area (TPSA) is 242 Å². The molecule has 0 unspecified atom stereocenters. The van der Waals surface area contributed by atoms with Crippen LogP contribution in [0.4, 0.5) is 17.1 Å². The van der Waals surface area contributed by atoms with Crippen LogP contribution in [0.15, 0.2) is 87.0 Å². The van der Waals surface area contributed by atoms with Crippen molar-refractivity contribution in [3.63, 3.8) is 0 Å². The van der Waals surface area contributed by atoms with Crippen LogP contribution in [0.25, 0.3) is 0 Å². The number of rotatable bonds is 9. The monoisotopic (exact) mass is 1080 g/mol. The number of anilines is 3. The number of methoxy groups -OCH3 is 1. The molecule has 0 atom stereocenters. The van der Waals surface area contributed by atoms with Crippen LogP contribution in [0.2, 0.25) is 15.1 Å². The fourth-order valence-electron chi connectivity index (χ4n) is 4.76. The molecule has 0 bridgehead atoms. The highest BCUT2D eigenvalue weighted by atomic mass is 79.9. The lowest BCUT2D eigenvalue weighted by atomic mass is 10.2. The minimum atomic E-state index is -1.12. The zero-order valence-electron chi connectivity index (χ0n) is 31.6. The lowest BCUT2D eigenvalue weighted by Gasteiger charge is -2.08. The van der Waals surface area contributed by atoms with Crippen LogP contribution in [-0.4, -0.2) is 81.6 Å². The molecule has 3 aromatic heterocycles. The predicted octanol–water partition coefficient (Wildman–Crippen LogP) is 8.45. The van der Waals surface area contributed by atoms with Crippen molar-refractivity contribution in [1.82, 2.24) is 28.7 Å². The second-order valence-electron chi connectivity index (χ2n) is 11.9. The van der Waals surface area contributed by atoms with E-state index in [1.807, 2.05) is 0 Å². The SMILES string of the molecule is COC(=O)c1ccc(NC(=O)c2ncc(Br)n2C)cc1Cl.Cn1c(Br)cnc1C(=O)Nc1ccc(C(=O)O)c(Cl)c1.Cn1c(Br)cnc1C(=O)Nc1ccc(C(=O)O)c(Cl)c1. The van der Waals surface area contributed by atoms with Crippen LogP contribution >= 0.6 is 82.6 Å². The quantitative estimate of drug-likeness (QED) is 0.0857. The summed E-state index contributed by atoms with van der Waals surface area (Å²) in [6.45, 7) is 0. The summed E-state index contributed by atoms with van der Waals surface area (Å²) in [7, 11) is 6.35. The van der Waals surface area contributed by atoms with Crippen LogP contribution in [0, 0.1) is 0 Å². The summed E-state index contributed by atoms with van der Waals surface area (Å²) in [5.41, 5.74) is 1.43. The second kappa shape index (κ2) is 21.3. The van der Waals surface area contributed by atoms with Gasteiger partial charge in [0.2, 0.25) is 0 Å². The summed E-state index contributed by atoms with van der Waals surface area (Å²) in [6, 6.07) is 12.9. The van der Waals surface area contributed by atoms with Crippen molar-refractivity contribution in [3.05, 3.63) is 136 Å². The molecular weight excluding hydrogens is 1060 g/mol. The van der Waals surface area contributed by atoms with Crippen LogP contribution in [0.1, 0.15) is 62.9 Å². The van der Waals surface area contributed by atoms with Gasteiger partial charge in [0.25, 0.3) is 17.7 Å². The van der Waals surface area contributed by atoms with Gasteiger partial charge in [-0.2, -0.15) is 0 Å². The second-order valence-corrected chi connectivity index (χ2v) is 15.6. The molecule has 6 aromatic rings. The Kier molecular flexibility index (Phi) is 16.8. The zero-order valence-corrected chi connectivity index (χ0v) is 38.7. The molecule has 18 nitrogen and oxygen atoms in total. The Morgan fingerprint density at radius 2 is 0.820 bits per heavy atom. The van der Waals surface area contributed by atoms with E-state index >= 15 is 0 Å². The number of carboxylic acid groups (broad SMARTS) is 2. The highest BCUT2D eigenvalue weighted by Gasteiger charge is 2.18. The van der Waals surface area contributed by atoms with Gasteiger partial charge in [0.05, 0.1) is 57.5 Å². The van der Waals surface area contributed by atoms with E-state index in [1.165, 1.54) is 74.2 Å². The molecule has 0 saturated carbocycles. The number of amides is 3. The Balaban J connectivity index is 0.000000202. The van der Waals surface area contributed by atoms with Crippen molar-refractivity contribution < 1.29 is 43.7 Å². The van der Waals surface area contributed by atoms with Gasteiger partial charge in [-0.05, 0) is 102 Å². The summed E-state index contributed by atoms with van der Waals surface area (Å²) in [4.78, 5) is 81.1. The number of halogens is 6. The molecule has 0 aliphatic heterocycles. The minimum Gasteiger partial charge on any atom is -0.478 e. The van der Waals surface area contributed by atoms with Crippen molar-refractivity contribution >= 4 is 135 Å². The highest BCUT2D eigenvalue weighted by molar-refractivity contribution is 9.11. The van der Waals surface area contributed by atoms with E-state index in [2.05, 4.69) is 83.4 Å². The molecule has 61 heavy (non-hydrogen) atoms. The lowest BCUT2D eigenvalue weighted by Crippen LogP contribution is -2.17. The van der Waals surface area contributed by atoms with Gasteiger partial charge in [0.15, 0.2) is 17.5 Å². The van der Waals surface area contributed by atoms with E-state index in [1.54, 1.807) is 40.9 Å². The Morgan fingerprint density at radius 3 is 1.03 bits per heavy atom. The molecular formula is C37H29Br3Cl3N9O9. The number of nitrogens with one attached hydrogen (secondary N) is 3. The first-order valence-electron chi connectivity index (χ1n) is 16.6. The maximum Gasteiger partial charge on any atom is 0.339 e. The maximum absolute atomic E-state index is 12.1. The molecule has 6 rings (SSSR count). The van der Waals surface area contributed by atoms with Crippen LogP contribution in [0.5, 0.6) is 0 Å². The van der Waals surface area contributed by atoms with Gasteiger partial charge in [-0.25, -0.2) is 29.3 Å². The zero-order chi connectivity index (χ0) is 45.3. The third-order valence-corrected chi connectivity index (χ3v) is 11.1. The molecule has 0 radical (unpaired) electrons. The number of hydrogen-bond donors (Lipinski definition) is 5. The van der Waals surface area contributed by atoms with E-state index < -0.39 is 29.7 Å². The van der Waals surface area contributed by atoms with Gasteiger partial charge in [-0.3, -0.25) is 14.4 Å². The number of esters is 1. The molecule has 0 fully saturated rings. The first-order valence-corrected chi connectivity index (χ1v) is 20.1. The van der Waals surface area contributed by atoms with Gasteiger partial charge in [-0.1, -0.05) is 34.8 Å². The van der Waals surface area contributed by atoms with E-state index in [4.69, 9.17) is 45.0 Å². The smallest absolute Gasteiger partial charge is 0.339 e. The number of ether oxygens (including phenoxy) is 1. The molecule has 3 aromatic carbocycles. The Labute approximate surface area is 385 Å². The number of aromatic nitrogens is 6.